The van der Waals surface area contributed by atoms with Crippen LogP contribution in [0, 0.1) is 0 Å². The van der Waals surface area contributed by atoms with Gasteiger partial charge in [-0.2, -0.15) is 0 Å². The molecule has 0 aliphatic heterocycles. The summed E-state index contributed by atoms with van der Waals surface area (Å²) < 4.78 is 39.9. The molecule has 0 aliphatic carbocycles. The Bertz CT molecular complexity index is 523. The minimum atomic E-state index is -4.66. The average molecular weight is 285 g/mol. The van der Waals surface area contributed by atoms with Crippen LogP contribution >= 0.6 is 0 Å². The smallest absolute Gasteiger partial charge is 0.406 e. The zero-order valence-corrected chi connectivity index (χ0v) is 10.7. The molecule has 0 saturated heterocycles. The molecule has 108 valence electrons. The van der Waals surface area contributed by atoms with Crippen molar-refractivity contribution in [3.63, 3.8) is 0 Å². The third-order valence-electron chi connectivity index (χ3n) is 2.74. The number of alkyl halides is 3. The first kappa shape index (κ1) is 14.4. The Hall–Kier alpha value is -2.02. The van der Waals surface area contributed by atoms with Gasteiger partial charge in [-0.25, -0.2) is 4.98 Å². The Balaban J connectivity index is 1.91. The summed E-state index contributed by atoms with van der Waals surface area (Å²) in [6, 6.07) is 5.78. The van der Waals surface area contributed by atoms with Gasteiger partial charge in [0, 0.05) is 18.4 Å². The van der Waals surface area contributed by atoms with E-state index in [1.165, 1.54) is 12.1 Å². The predicted octanol–water partition coefficient (Wildman–Crippen LogP) is 3.16. The van der Waals surface area contributed by atoms with Crippen molar-refractivity contribution in [2.45, 2.75) is 25.9 Å². The highest BCUT2D eigenvalue weighted by Gasteiger charge is 2.30. The highest BCUT2D eigenvalue weighted by atomic mass is 19.4. The lowest BCUT2D eigenvalue weighted by Gasteiger charge is -2.14. The number of nitrogens with one attached hydrogen (secondary N) is 2. The minimum absolute atomic E-state index is 0.0139. The van der Waals surface area contributed by atoms with Crippen LogP contribution in [0.5, 0.6) is 5.75 Å². The predicted molar refractivity (Wildman–Crippen MR) is 67.0 cm³/mol. The van der Waals surface area contributed by atoms with Crippen LogP contribution in [0.3, 0.4) is 0 Å². The molecule has 1 unspecified atom stereocenters. The molecule has 1 aromatic heterocycles. The van der Waals surface area contributed by atoms with Crippen LogP contribution in [0.15, 0.2) is 36.7 Å². The molecule has 2 aromatic rings. The maximum absolute atomic E-state index is 12.0. The summed E-state index contributed by atoms with van der Waals surface area (Å²) in [5.41, 5.74) is 0.867. The van der Waals surface area contributed by atoms with E-state index in [9.17, 15) is 13.2 Å². The molecule has 0 spiro atoms. The number of hydrogen-bond acceptors (Lipinski definition) is 3. The second-order valence-corrected chi connectivity index (χ2v) is 4.26. The summed E-state index contributed by atoms with van der Waals surface area (Å²) in [7, 11) is 0. The molecule has 1 aromatic carbocycles. The number of nitrogens with zero attached hydrogens (tertiary/aromatic N) is 1. The van der Waals surface area contributed by atoms with Crippen molar-refractivity contribution in [2.75, 3.05) is 0 Å². The van der Waals surface area contributed by atoms with Gasteiger partial charge in [0.2, 0.25) is 0 Å². The molecule has 7 heteroatoms. The largest absolute Gasteiger partial charge is 0.573 e. The van der Waals surface area contributed by atoms with Crippen LogP contribution in [0.1, 0.15) is 24.4 Å². The maximum Gasteiger partial charge on any atom is 0.573 e. The molecule has 1 atom stereocenters. The fourth-order valence-corrected chi connectivity index (χ4v) is 1.72. The van der Waals surface area contributed by atoms with Crippen LogP contribution in [-0.4, -0.2) is 16.3 Å². The van der Waals surface area contributed by atoms with E-state index in [1.807, 2.05) is 6.92 Å². The third kappa shape index (κ3) is 4.27. The molecule has 0 bridgehead atoms. The van der Waals surface area contributed by atoms with Crippen molar-refractivity contribution >= 4 is 0 Å². The molecular weight excluding hydrogens is 271 g/mol. The Kier molecular flexibility index (Phi) is 4.29. The van der Waals surface area contributed by atoms with E-state index in [-0.39, 0.29) is 11.8 Å². The second kappa shape index (κ2) is 5.96. The summed E-state index contributed by atoms with van der Waals surface area (Å²) in [4.78, 5) is 7.03. The Morgan fingerprint density at radius 3 is 2.55 bits per heavy atom. The summed E-state index contributed by atoms with van der Waals surface area (Å²) in [5.74, 6) is 0.577. The van der Waals surface area contributed by atoms with Crippen LogP contribution in [0.2, 0.25) is 0 Å². The number of hydrogen-bond donors (Lipinski definition) is 2. The Morgan fingerprint density at radius 2 is 2.00 bits per heavy atom. The van der Waals surface area contributed by atoms with Gasteiger partial charge in [0.05, 0.1) is 6.54 Å². The highest BCUT2D eigenvalue weighted by molar-refractivity contribution is 5.29. The molecule has 0 fully saturated rings. The monoisotopic (exact) mass is 285 g/mol. The topological polar surface area (TPSA) is 49.9 Å². The first-order valence-corrected chi connectivity index (χ1v) is 6.01. The lowest BCUT2D eigenvalue weighted by molar-refractivity contribution is -0.274. The molecule has 0 radical (unpaired) electrons. The third-order valence-corrected chi connectivity index (χ3v) is 2.74. The molecule has 4 nitrogen and oxygen atoms in total. The molecular formula is C13H14F3N3O. The molecule has 0 aliphatic rings. The fourth-order valence-electron chi connectivity index (χ4n) is 1.72. The van der Waals surface area contributed by atoms with Gasteiger partial charge >= 0.3 is 6.36 Å². The molecule has 20 heavy (non-hydrogen) atoms. The summed E-state index contributed by atoms with van der Waals surface area (Å²) in [6.07, 6.45) is -1.28. The second-order valence-electron chi connectivity index (χ2n) is 4.26. The lowest BCUT2D eigenvalue weighted by Crippen LogP contribution is -2.19. The number of halogens is 3. The van der Waals surface area contributed by atoms with E-state index >= 15 is 0 Å². The standard InChI is InChI=1S/C13H14F3N3O/c1-9(19-8-12-17-6-7-18-12)10-2-4-11(5-3-10)20-13(14,15)16/h2-7,9,19H,8H2,1H3,(H,17,18). The summed E-state index contributed by atoms with van der Waals surface area (Å²) >= 11 is 0. The van der Waals surface area contributed by atoms with Gasteiger partial charge in [-0.05, 0) is 24.6 Å². The van der Waals surface area contributed by atoms with Gasteiger partial charge in [0.1, 0.15) is 11.6 Å². The SMILES string of the molecule is CC(NCc1ncc[nH]1)c1ccc(OC(F)(F)F)cc1. The fraction of sp³-hybridized carbons (Fsp3) is 0.308. The summed E-state index contributed by atoms with van der Waals surface area (Å²) in [6.45, 7) is 2.47. The van der Waals surface area contributed by atoms with Crippen molar-refractivity contribution in [1.29, 1.82) is 0 Å². The number of imidazole rings is 1. The van der Waals surface area contributed by atoms with Crippen molar-refractivity contribution in [1.82, 2.24) is 15.3 Å². The van der Waals surface area contributed by atoms with E-state index < -0.39 is 6.36 Å². The van der Waals surface area contributed by atoms with Gasteiger partial charge in [-0.1, -0.05) is 12.1 Å². The van der Waals surface area contributed by atoms with Gasteiger partial charge in [-0.3, -0.25) is 0 Å². The summed E-state index contributed by atoms with van der Waals surface area (Å²) in [5, 5.41) is 3.21. The highest BCUT2D eigenvalue weighted by Crippen LogP contribution is 2.24. The zero-order chi connectivity index (χ0) is 14.6. The number of aromatic amines is 1. The van der Waals surface area contributed by atoms with Gasteiger partial charge in [0.25, 0.3) is 0 Å². The van der Waals surface area contributed by atoms with Crippen molar-refractivity contribution in [2.24, 2.45) is 0 Å². The van der Waals surface area contributed by atoms with Crippen molar-refractivity contribution in [3.8, 4) is 5.75 Å². The van der Waals surface area contributed by atoms with E-state index in [0.29, 0.717) is 6.54 Å². The molecule has 2 rings (SSSR count). The van der Waals surface area contributed by atoms with Crippen LogP contribution in [0.25, 0.3) is 0 Å². The van der Waals surface area contributed by atoms with Gasteiger partial charge in [0.15, 0.2) is 0 Å². The normalized spacial score (nSPS) is 13.2. The van der Waals surface area contributed by atoms with Crippen molar-refractivity contribution in [3.05, 3.63) is 48.0 Å². The van der Waals surface area contributed by atoms with E-state index in [1.54, 1.807) is 24.5 Å². The molecule has 0 amide bonds. The number of rotatable bonds is 5. The van der Waals surface area contributed by atoms with Gasteiger partial charge in [-0.15, -0.1) is 13.2 Å². The molecule has 2 N–H and O–H groups in total. The molecule has 1 heterocycles. The van der Waals surface area contributed by atoms with E-state index in [4.69, 9.17) is 0 Å². The average Bonchev–Trinajstić information content (AvgIpc) is 2.88. The van der Waals surface area contributed by atoms with Crippen LogP contribution in [-0.2, 0) is 6.54 Å². The number of H-pyrrole nitrogens is 1. The Morgan fingerprint density at radius 1 is 1.30 bits per heavy atom. The first-order chi connectivity index (χ1) is 9.44. The Labute approximate surface area is 114 Å². The number of ether oxygens (including phenoxy) is 1. The maximum atomic E-state index is 12.0. The zero-order valence-electron chi connectivity index (χ0n) is 10.7. The minimum Gasteiger partial charge on any atom is -0.406 e. The van der Waals surface area contributed by atoms with Gasteiger partial charge < -0.3 is 15.0 Å². The van der Waals surface area contributed by atoms with Crippen molar-refractivity contribution < 1.29 is 17.9 Å². The quantitative estimate of drug-likeness (QED) is 0.887. The number of benzene rings is 1. The van der Waals surface area contributed by atoms with E-state index in [0.717, 1.165) is 11.4 Å². The number of aromatic nitrogens is 2. The van der Waals surface area contributed by atoms with Crippen LogP contribution in [0.4, 0.5) is 13.2 Å². The lowest BCUT2D eigenvalue weighted by atomic mass is 10.1. The first-order valence-electron chi connectivity index (χ1n) is 6.01. The molecule has 0 saturated carbocycles. The van der Waals surface area contributed by atoms with E-state index in [2.05, 4.69) is 20.0 Å². The van der Waals surface area contributed by atoms with Crippen LogP contribution < -0.4 is 10.1 Å².